The van der Waals surface area contributed by atoms with Crippen LogP contribution in [-0.2, 0) is 9.63 Å². The molecule has 0 atom stereocenters. The van der Waals surface area contributed by atoms with Crippen molar-refractivity contribution in [3.05, 3.63) is 30.5 Å². The number of carbonyl (C=O) groups is 1. The van der Waals surface area contributed by atoms with Gasteiger partial charge in [-0.05, 0) is 57.1 Å². The number of carbonyl (C=O) groups excluding carboxylic acids is 1. The summed E-state index contributed by atoms with van der Waals surface area (Å²) in [4.78, 5) is 23.9. The number of benzene rings is 1. The molecule has 1 saturated carbocycles. The van der Waals surface area contributed by atoms with Crippen LogP contribution < -0.4 is 9.64 Å². The van der Waals surface area contributed by atoms with Crippen molar-refractivity contribution in [2.75, 3.05) is 18.1 Å². The molecule has 0 bridgehead atoms. The lowest BCUT2D eigenvalue weighted by molar-refractivity contribution is -0.118. The second-order valence-electron chi connectivity index (χ2n) is 8.19. The van der Waals surface area contributed by atoms with Gasteiger partial charge in [0.05, 0.1) is 12.8 Å². The summed E-state index contributed by atoms with van der Waals surface area (Å²) < 4.78 is 11.0. The largest absolute Gasteiger partial charge is 0.450 e. The standard InChI is InChI=1S/C25H34N4O4/c1-3-9-24(30)29(15-7-5-6-12-23(26)33-28-17-19-13-14-19)21-11-8-10-20(16-21)22-18-27-25(32-22)31-4-2/h8,10-11,16-19,26H,3-7,9,12-15H2,1-2H3/b26-23?,28-17+. The minimum absolute atomic E-state index is 0.104. The number of aromatic nitrogens is 1. The number of hydrogen-bond donors (Lipinski definition) is 1. The van der Waals surface area contributed by atoms with Gasteiger partial charge in [0.2, 0.25) is 11.8 Å². The van der Waals surface area contributed by atoms with Gasteiger partial charge in [0, 0.05) is 36.9 Å². The highest BCUT2D eigenvalue weighted by Gasteiger charge is 2.19. The molecule has 1 heterocycles. The summed E-state index contributed by atoms with van der Waals surface area (Å²) in [5, 5.41) is 11.7. The Balaban J connectivity index is 1.54. The number of rotatable bonds is 14. The molecule has 1 aliphatic carbocycles. The van der Waals surface area contributed by atoms with Gasteiger partial charge in [-0.2, -0.15) is 4.98 Å². The first-order chi connectivity index (χ1) is 16.1. The number of oxazole rings is 1. The fourth-order valence-corrected chi connectivity index (χ4v) is 3.36. The molecule has 1 amide bonds. The number of oxime groups is 1. The van der Waals surface area contributed by atoms with Gasteiger partial charge in [-0.3, -0.25) is 10.2 Å². The molecular formula is C25H34N4O4. The molecule has 1 fully saturated rings. The fraction of sp³-hybridized carbons (Fsp3) is 0.520. The Kier molecular flexibility index (Phi) is 9.47. The number of anilines is 1. The van der Waals surface area contributed by atoms with Crippen molar-refractivity contribution in [2.45, 2.75) is 65.2 Å². The van der Waals surface area contributed by atoms with E-state index in [0.29, 0.717) is 37.7 Å². The van der Waals surface area contributed by atoms with E-state index in [0.717, 1.165) is 36.9 Å². The highest BCUT2D eigenvalue weighted by Crippen LogP contribution is 2.28. The van der Waals surface area contributed by atoms with Gasteiger partial charge < -0.3 is 18.9 Å². The lowest BCUT2D eigenvalue weighted by atomic mass is 10.1. The molecule has 8 heteroatoms. The first-order valence-corrected chi connectivity index (χ1v) is 11.9. The molecule has 178 valence electrons. The molecule has 0 unspecified atom stereocenters. The number of nitrogens with zero attached hydrogens (tertiary/aromatic N) is 3. The van der Waals surface area contributed by atoms with Crippen molar-refractivity contribution >= 4 is 23.7 Å². The summed E-state index contributed by atoms with van der Waals surface area (Å²) in [7, 11) is 0. The summed E-state index contributed by atoms with van der Waals surface area (Å²) in [6.07, 6.45) is 10.4. The predicted molar refractivity (Wildman–Crippen MR) is 129 cm³/mol. The van der Waals surface area contributed by atoms with Crippen LogP contribution in [0.25, 0.3) is 11.3 Å². The maximum Gasteiger partial charge on any atom is 0.394 e. The fourth-order valence-electron chi connectivity index (χ4n) is 3.36. The maximum absolute atomic E-state index is 12.8. The Hall–Kier alpha value is -3.16. The van der Waals surface area contributed by atoms with Gasteiger partial charge in [0.25, 0.3) is 0 Å². The first kappa shape index (κ1) is 24.5. The average molecular weight is 455 g/mol. The Bertz CT molecular complexity index is 936. The smallest absolute Gasteiger partial charge is 0.394 e. The van der Waals surface area contributed by atoms with Gasteiger partial charge in [-0.1, -0.05) is 30.6 Å². The minimum atomic E-state index is 0.104. The highest BCUT2D eigenvalue weighted by atomic mass is 16.6. The van der Waals surface area contributed by atoms with Crippen molar-refractivity contribution in [1.29, 1.82) is 5.41 Å². The van der Waals surface area contributed by atoms with Crippen LogP contribution in [0.3, 0.4) is 0 Å². The van der Waals surface area contributed by atoms with Gasteiger partial charge in [0.1, 0.15) is 0 Å². The van der Waals surface area contributed by atoms with Crippen molar-refractivity contribution in [2.24, 2.45) is 11.1 Å². The van der Waals surface area contributed by atoms with E-state index in [-0.39, 0.29) is 17.9 Å². The molecule has 1 aromatic carbocycles. The molecule has 1 N–H and O–H groups in total. The maximum atomic E-state index is 12.8. The number of ether oxygens (including phenoxy) is 1. The average Bonchev–Trinajstić information content (AvgIpc) is 3.52. The molecule has 3 rings (SSSR count). The van der Waals surface area contributed by atoms with Gasteiger partial charge >= 0.3 is 6.08 Å². The third-order valence-corrected chi connectivity index (χ3v) is 5.30. The Morgan fingerprint density at radius 3 is 2.88 bits per heavy atom. The molecule has 1 aliphatic rings. The zero-order chi connectivity index (χ0) is 23.5. The van der Waals surface area contributed by atoms with Crippen molar-refractivity contribution < 1.29 is 18.8 Å². The topological polar surface area (TPSA) is 101 Å². The molecule has 0 saturated heterocycles. The first-order valence-electron chi connectivity index (χ1n) is 11.9. The summed E-state index contributed by atoms with van der Waals surface area (Å²) in [6, 6.07) is 7.74. The van der Waals surface area contributed by atoms with Crippen LogP contribution in [0.15, 0.2) is 40.0 Å². The molecular weight excluding hydrogens is 420 g/mol. The van der Waals surface area contributed by atoms with E-state index in [1.165, 1.54) is 12.8 Å². The molecule has 0 radical (unpaired) electrons. The van der Waals surface area contributed by atoms with Crippen LogP contribution in [0, 0.1) is 11.3 Å². The number of nitrogens with one attached hydrogen (secondary N) is 1. The van der Waals surface area contributed by atoms with Crippen LogP contribution in [0.2, 0.25) is 0 Å². The Morgan fingerprint density at radius 1 is 1.27 bits per heavy atom. The van der Waals surface area contributed by atoms with E-state index in [9.17, 15) is 4.79 Å². The monoisotopic (exact) mass is 454 g/mol. The van der Waals surface area contributed by atoms with E-state index in [4.69, 9.17) is 19.4 Å². The zero-order valence-electron chi connectivity index (χ0n) is 19.6. The molecule has 0 aliphatic heterocycles. The van der Waals surface area contributed by atoms with Crippen LogP contribution in [0.4, 0.5) is 5.69 Å². The number of hydrogen-bond acceptors (Lipinski definition) is 7. The Morgan fingerprint density at radius 2 is 2.12 bits per heavy atom. The molecule has 33 heavy (non-hydrogen) atoms. The van der Waals surface area contributed by atoms with Crippen LogP contribution >= 0.6 is 0 Å². The lowest BCUT2D eigenvalue weighted by Gasteiger charge is -2.23. The minimum Gasteiger partial charge on any atom is -0.450 e. The quantitative estimate of drug-likeness (QED) is 0.168. The van der Waals surface area contributed by atoms with Crippen LogP contribution in [0.5, 0.6) is 6.08 Å². The zero-order valence-corrected chi connectivity index (χ0v) is 19.6. The van der Waals surface area contributed by atoms with E-state index in [2.05, 4.69) is 10.1 Å². The molecule has 0 spiro atoms. The SMILES string of the molecule is CCCC(=O)N(CCCCCC(=N)O/N=C/C1CC1)c1cccc(-c2cnc(OCC)o2)c1. The normalized spacial score (nSPS) is 13.3. The van der Waals surface area contributed by atoms with E-state index < -0.39 is 0 Å². The Labute approximate surface area is 195 Å². The highest BCUT2D eigenvalue weighted by molar-refractivity contribution is 5.93. The van der Waals surface area contributed by atoms with Crippen molar-refractivity contribution in [3.63, 3.8) is 0 Å². The third kappa shape index (κ3) is 8.04. The van der Waals surface area contributed by atoms with Crippen molar-refractivity contribution in [1.82, 2.24) is 4.98 Å². The van der Waals surface area contributed by atoms with E-state index in [1.807, 2.05) is 43.0 Å². The second-order valence-corrected chi connectivity index (χ2v) is 8.19. The van der Waals surface area contributed by atoms with Crippen LogP contribution in [-0.4, -0.2) is 36.2 Å². The number of amides is 1. The second kappa shape index (κ2) is 12.8. The summed E-state index contributed by atoms with van der Waals surface area (Å²) >= 11 is 0. The summed E-state index contributed by atoms with van der Waals surface area (Å²) in [6.45, 7) is 4.99. The van der Waals surface area contributed by atoms with E-state index >= 15 is 0 Å². The van der Waals surface area contributed by atoms with E-state index in [1.54, 1.807) is 12.4 Å². The molecule has 8 nitrogen and oxygen atoms in total. The van der Waals surface area contributed by atoms with Gasteiger partial charge in [-0.25, -0.2) is 0 Å². The summed E-state index contributed by atoms with van der Waals surface area (Å²) in [5.41, 5.74) is 1.68. The van der Waals surface area contributed by atoms with Gasteiger partial charge in [0.15, 0.2) is 5.76 Å². The third-order valence-electron chi connectivity index (χ3n) is 5.30. The van der Waals surface area contributed by atoms with Gasteiger partial charge in [-0.15, -0.1) is 0 Å². The lowest BCUT2D eigenvalue weighted by Crippen LogP contribution is -2.31. The summed E-state index contributed by atoms with van der Waals surface area (Å²) in [5.74, 6) is 1.44. The molecule has 2 aromatic rings. The predicted octanol–water partition coefficient (Wildman–Crippen LogP) is 5.82. The number of unbranched alkanes of at least 4 members (excludes halogenated alkanes) is 2. The van der Waals surface area contributed by atoms with Crippen molar-refractivity contribution in [3.8, 4) is 17.4 Å². The molecule has 1 aromatic heterocycles. The van der Waals surface area contributed by atoms with Crippen LogP contribution in [0.1, 0.15) is 65.2 Å².